The molecule has 2 nitrogen and oxygen atoms in total. The van der Waals surface area contributed by atoms with E-state index in [0.29, 0.717) is 0 Å². The Morgan fingerprint density at radius 1 is 0.692 bits per heavy atom. The molecule has 1 aliphatic heterocycles. The molecule has 2 aromatic heterocycles. The Kier molecular flexibility index (Phi) is 5.07. The van der Waals surface area contributed by atoms with Crippen LogP contribution in [0, 0.1) is 23.7 Å². The van der Waals surface area contributed by atoms with Crippen LogP contribution < -0.4 is 0 Å². The van der Waals surface area contributed by atoms with Gasteiger partial charge >= 0.3 is 0 Å². The molecule has 4 heteroatoms. The summed E-state index contributed by atoms with van der Waals surface area (Å²) in [5.74, 6) is 12.8. The third-order valence-electron chi connectivity index (χ3n) is 3.45. The van der Waals surface area contributed by atoms with Crippen molar-refractivity contribution in [2.75, 3.05) is 0 Å². The van der Waals surface area contributed by atoms with Crippen LogP contribution in [0.3, 0.4) is 0 Å². The first-order valence-electron chi connectivity index (χ1n) is 7.91. The van der Waals surface area contributed by atoms with E-state index in [0.717, 1.165) is 20.9 Å². The molecule has 0 amide bonds. The maximum absolute atomic E-state index is 4.11. The Balaban J connectivity index is 1.73. The largest absolute Gasteiger partial charge is 0.263 e. The van der Waals surface area contributed by atoms with E-state index in [-0.39, 0.29) is 0 Å². The van der Waals surface area contributed by atoms with Crippen LogP contribution in [0.25, 0.3) is 0 Å². The monoisotopic (exact) mass is 368 g/mol. The first-order chi connectivity index (χ1) is 12.9. The molecule has 0 unspecified atom stereocenters. The van der Waals surface area contributed by atoms with Crippen LogP contribution in [0.1, 0.15) is 11.1 Å². The van der Waals surface area contributed by atoms with E-state index in [1.807, 2.05) is 24.3 Å². The molecule has 0 bridgehead atoms. The number of hydrogen-bond acceptors (Lipinski definition) is 4. The fourth-order valence-corrected chi connectivity index (χ4v) is 4.61. The van der Waals surface area contributed by atoms with Crippen LogP contribution >= 0.6 is 23.5 Å². The van der Waals surface area contributed by atoms with Crippen LogP contribution in [0.5, 0.6) is 0 Å². The molecule has 26 heavy (non-hydrogen) atoms. The first kappa shape index (κ1) is 16.5. The molecule has 0 spiro atoms. The van der Waals surface area contributed by atoms with Crippen molar-refractivity contribution < 1.29 is 0 Å². The van der Waals surface area contributed by atoms with Gasteiger partial charge in [-0.25, -0.2) is 0 Å². The molecule has 0 N–H and O–H groups in total. The van der Waals surface area contributed by atoms with Gasteiger partial charge in [0.1, 0.15) is 0 Å². The van der Waals surface area contributed by atoms with Crippen molar-refractivity contribution in [1.29, 1.82) is 0 Å². The highest BCUT2D eigenvalue weighted by atomic mass is 32.2. The van der Waals surface area contributed by atoms with Gasteiger partial charge in [0.05, 0.1) is 9.81 Å². The van der Waals surface area contributed by atoms with E-state index >= 15 is 0 Å². The first-order valence-corrected chi connectivity index (χ1v) is 9.55. The van der Waals surface area contributed by atoms with Crippen molar-refractivity contribution >= 4 is 23.5 Å². The smallest absolute Gasteiger partial charge is 0.0958 e. The van der Waals surface area contributed by atoms with Gasteiger partial charge in [0, 0.05) is 45.7 Å². The van der Waals surface area contributed by atoms with Gasteiger partial charge in [-0.1, -0.05) is 59.3 Å². The summed E-state index contributed by atoms with van der Waals surface area (Å²) in [6.07, 6.45) is 7.00. The zero-order valence-corrected chi connectivity index (χ0v) is 15.3. The van der Waals surface area contributed by atoms with Crippen molar-refractivity contribution in [2.45, 2.75) is 9.79 Å². The van der Waals surface area contributed by atoms with Crippen LogP contribution in [0.2, 0.25) is 0 Å². The highest BCUT2D eigenvalue weighted by Crippen LogP contribution is 2.51. The third kappa shape index (κ3) is 4.00. The number of rotatable bonds is 0. The minimum atomic E-state index is 0.823. The molecule has 0 saturated heterocycles. The van der Waals surface area contributed by atoms with Crippen molar-refractivity contribution in [3.05, 3.63) is 94.3 Å². The van der Waals surface area contributed by atoms with Gasteiger partial charge in [-0.3, -0.25) is 9.97 Å². The van der Waals surface area contributed by atoms with Gasteiger partial charge in [0.25, 0.3) is 0 Å². The van der Waals surface area contributed by atoms with Gasteiger partial charge < -0.3 is 0 Å². The van der Waals surface area contributed by atoms with Gasteiger partial charge in [0.15, 0.2) is 0 Å². The number of pyridine rings is 2. The summed E-state index contributed by atoms with van der Waals surface area (Å²) in [5.41, 5.74) is 2.57. The molecule has 1 aliphatic rings. The SMILES string of the molecule is C(#Cc1cccnc1)C(C#Cc1cccnc1)=C1Sc2ccccc2S1. The third-order valence-corrected chi connectivity index (χ3v) is 6.01. The second-order valence-corrected chi connectivity index (χ2v) is 7.66. The molecule has 1 aromatic carbocycles. The van der Waals surface area contributed by atoms with E-state index in [4.69, 9.17) is 0 Å². The van der Waals surface area contributed by atoms with Gasteiger partial charge in [-0.05, 0) is 36.4 Å². The maximum Gasteiger partial charge on any atom is 0.0958 e. The van der Waals surface area contributed by atoms with E-state index in [1.165, 1.54) is 9.79 Å². The lowest BCUT2D eigenvalue weighted by Crippen LogP contribution is -1.81. The number of aromatic nitrogens is 2. The van der Waals surface area contributed by atoms with Crippen LogP contribution in [-0.2, 0) is 0 Å². The summed E-state index contributed by atoms with van der Waals surface area (Å²) in [4.78, 5) is 10.7. The van der Waals surface area contributed by atoms with Gasteiger partial charge in [-0.15, -0.1) is 0 Å². The zero-order chi connectivity index (χ0) is 17.6. The molecule has 0 saturated carbocycles. The van der Waals surface area contributed by atoms with Crippen LogP contribution in [-0.4, -0.2) is 9.97 Å². The van der Waals surface area contributed by atoms with Gasteiger partial charge in [0.2, 0.25) is 0 Å². The summed E-state index contributed by atoms with van der Waals surface area (Å²) in [6.45, 7) is 0. The Labute approximate surface area is 161 Å². The number of thioether (sulfide) groups is 2. The molecule has 3 aromatic rings. The Morgan fingerprint density at radius 2 is 1.23 bits per heavy atom. The molecular formula is C22H12N2S2. The number of benzene rings is 1. The summed E-state index contributed by atoms with van der Waals surface area (Å²) < 4.78 is 1.11. The second kappa shape index (κ2) is 7.97. The van der Waals surface area contributed by atoms with Crippen molar-refractivity contribution in [1.82, 2.24) is 9.97 Å². The Morgan fingerprint density at radius 3 is 1.69 bits per heavy atom. The molecule has 4 rings (SSSR count). The highest BCUT2D eigenvalue weighted by Gasteiger charge is 2.19. The number of nitrogens with zero attached hydrogens (tertiary/aromatic N) is 2. The van der Waals surface area contributed by atoms with Crippen LogP contribution in [0.4, 0.5) is 0 Å². The summed E-state index contributed by atoms with van der Waals surface area (Å²) >= 11 is 3.44. The topological polar surface area (TPSA) is 25.8 Å². The van der Waals surface area contributed by atoms with E-state index in [2.05, 4.69) is 57.9 Å². The van der Waals surface area contributed by atoms with Crippen molar-refractivity contribution in [3.63, 3.8) is 0 Å². The number of allylic oxidation sites excluding steroid dienone is 1. The van der Waals surface area contributed by atoms with Crippen LogP contribution in [0.15, 0.2) is 92.9 Å². The Bertz CT molecular complexity index is 996. The zero-order valence-electron chi connectivity index (χ0n) is 13.6. The van der Waals surface area contributed by atoms with E-state index in [9.17, 15) is 0 Å². The molecule has 3 heterocycles. The molecule has 122 valence electrons. The van der Waals surface area contributed by atoms with Crippen molar-refractivity contribution in [3.8, 4) is 23.7 Å². The van der Waals surface area contributed by atoms with Gasteiger partial charge in [-0.2, -0.15) is 0 Å². The highest BCUT2D eigenvalue weighted by molar-refractivity contribution is 8.24. The molecule has 0 aliphatic carbocycles. The lowest BCUT2D eigenvalue weighted by molar-refractivity contribution is 1.27. The predicted octanol–water partition coefficient (Wildman–Crippen LogP) is 4.99. The maximum atomic E-state index is 4.11. The number of hydrogen-bond donors (Lipinski definition) is 0. The average molecular weight is 368 g/mol. The normalized spacial score (nSPS) is 11.6. The van der Waals surface area contributed by atoms with E-state index in [1.54, 1.807) is 48.3 Å². The minimum absolute atomic E-state index is 0.823. The predicted molar refractivity (Wildman–Crippen MR) is 107 cm³/mol. The quantitative estimate of drug-likeness (QED) is 0.522. The molecule has 0 atom stereocenters. The standard InChI is InChI=1S/C22H12N2S2/c1-2-8-21-20(7-1)25-22(26-21)19(11-9-17-5-3-13-23-15-17)12-10-18-6-4-14-24-16-18/h1-8,13-16H. The summed E-state index contributed by atoms with van der Waals surface area (Å²) in [7, 11) is 0. The summed E-state index contributed by atoms with van der Waals surface area (Å²) in [6, 6.07) is 16.0. The lowest BCUT2D eigenvalue weighted by atomic mass is 10.2. The fraction of sp³-hybridized carbons (Fsp3) is 0. The minimum Gasteiger partial charge on any atom is -0.263 e. The summed E-state index contributed by atoms with van der Waals surface area (Å²) in [5, 5.41) is 0. The second-order valence-electron chi connectivity index (χ2n) is 5.30. The van der Waals surface area contributed by atoms with E-state index < -0.39 is 0 Å². The van der Waals surface area contributed by atoms with Crippen molar-refractivity contribution in [2.24, 2.45) is 0 Å². The molecule has 0 fully saturated rings. The molecular weight excluding hydrogens is 356 g/mol. The Hall–Kier alpha value is -2.92. The lowest BCUT2D eigenvalue weighted by Gasteiger charge is -1.96. The number of fused-ring (bicyclic) bond motifs is 1. The fourth-order valence-electron chi connectivity index (χ4n) is 2.22. The average Bonchev–Trinajstić information content (AvgIpc) is 3.13. The molecule has 0 radical (unpaired) electrons.